The summed E-state index contributed by atoms with van der Waals surface area (Å²) >= 11 is 3.13. The summed E-state index contributed by atoms with van der Waals surface area (Å²) in [4.78, 5) is 0. The van der Waals surface area contributed by atoms with E-state index in [9.17, 15) is 8.78 Å². The van der Waals surface area contributed by atoms with E-state index in [0.717, 1.165) is 18.4 Å². The highest BCUT2D eigenvalue weighted by Gasteiger charge is 2.38. The van der Waals surface area contributed by atoms with Crippen LogP contribution in [-0.2, 0) is 18.3 Å². The van der Waals surface area contributed by atoms with Gasteiger partial charge < -0.3 is 5.73 Å². The average Bonchev–Trinajstić information content (AvgIpc) is 2.87. The lowest BCUT2D eigenvalue weighted by molar-refractivity contribution is 0.410. The molecule has 0 aliphatic heterocycles. The molecule has 1 unspecified atom stereocenters. The number of nitrogens with two attached hydrogens (primary N) is 1. The fraction of sp³-hybridized carbons (Fsp3) is 0.294. The lowest BCUT2D eigenvalue weighted by atomic mass is 9.76. The van der Waals surface area contributed by atoms with Gasteiger partial charge in [-0.1, -0.05) is 24.3 Å². The summed E-state index contributed by atoms with van der Waals surface area (Å²) in [6.45, 7) is 0.384. The number of hydrogen-bond donors (Lipinski definition) is 1. The normalized spacial score (nSPS) is 20.6. The highest BCUT2D eigenvalue weighted by molar-refractivity contribution is 9.10. The predicted octanol–water partition coefficient (Wildman–Crippen LogP) is 4.11. The molecule has 2 N–H and O–H groups in total. The Balaban J connectivity index is 2.07. The first-order chi connectivity index (χ1) is 10.1. The molecule has 0 bridgehead atoms. The van der Waals surface area contributed by atoms with E-state index in [1.54, 1.807) is 0 Å². The molecule has 0 amide bonds. The van der Waals surface area contributed by atoms with E-state index in [2.05, 4.69) is 22.0 Å². The molecule has 1 aliphatic rings. The molecule has 0 heterocycles. The third-order valence-electron chi connectivity index (χ3n) is 4.51. The molecule has 110 valence electrons. The van der Waals surface area contributed by atoms with Gasteiger partial charge in [-0.15, -0.1) is 0 Å². The predicted molar refractivity (Wildman–Crippen MR) is 83.3 cm³/mol. The maximum atomic E-state index is 14.3. The van der Waals surface area contributed by atoms with Crippen molar-refractivity contribution in [3.8, 4) is 0 Å². The van der Waals surface area contributed by atoms with Crippen molar-refractivity contribution >= 4 is 15.9 Å². The first-order valence-electron chi connectivity index (χ1n) is 6.98. The fourth-order valence-corrected chi connectivity index (χ4v) is 3.67. The van der Waals surface area contributed by atoms with Crippen LogP contribution in [0.1, 0.15) is 23.1 Å². The minimum atomic E-state index is -0.521. The molecule has 1 atom stereocenters. The minimum absolute atomic E-state index is 0.117. The van der Waals surface area contributed by atoms with Gasteiger partial charge in [-0.2, -0.15) is 0 Å². The van der Waals surface area contributed by atoms with Gasteiger partial charge in [0, 0.05) is 17.5 Å². The van der Waals surface area contributed by atoms with E-state index in [0.29, 0.717) is 6.54 Å². The summed E-state index contributed by atoms with van der Waals surface area (Å²) in [5, 5.41) is 0. The van der Waals surface area contributed by atoms with E-state index < -0.39 is 11.6 Å². The number of fused-ring (bicyclic) bond motifs is 1. The Morgan fingerprint density at radius 2 is 1.90 bits per heavy atom. The van der Waals surface area contributed by atoms with Crippen LogP contribution in [0.3, 0.4) is 0 Å². The Bertz CT molecular complexity index is 686. The molecule has 0 saturated heterocycles. The summed E-state index contributed by atoms with van der Waals surface area (Å²) in [5.74, 6) is -1.03. The van der Waals surface area contributed by atoms with Crippen molar-refractivity contribution < 1.29 is 8.78 Å². The van der Waals surface area contributed by atoms with Gasteiger partial charge >= 0.3 is 0 Å². The lowest BCUT2D eigenvalue weighted by Gasteiger charge is -2.29. The lowest BCUT2D eigenvalue weighted by Crippen LogP contribution is -2.35. The van der Waals surface area contributed by atoms with Gasteiger partial charge in [0.1, 0.15) is 11.6 Å². The molecular formula is C17H16BrF2N. The molecule has 0 radical (unpaired) electrons. The highest BCUT2D eigenvalue weighted by Crippen LogP contribution is 2.42. The Morgan fingerprint density at radius 3 is 2.67 bits per heavy atom. The Kier molecular flexibility index (Phi) is 3.84. The standard InChI is InChI=1S/C17H16BrF2N/c18-14-5-6-15(19)12(16(14)20)9-17(10-21)8-7-11-3-1-2-4-13(11)17/h1-6H,7-10,21H2. The van der Waals surface area contributed by atoms with Gasteiger partial charge in [0.2, 0.25) is 0 Å². The summed E-state index contributed by atoms with van der Waals surface area (Å²) in [6, 6.07) is 10.7. The SMILES string of the molecule is NCC1(Cc2c(F)ccc(Br)c2F)CCc2ccccc21. The topological polar surface area (TPSA) is 26.0 Å². The second kappa shape index (κ2) is 5.50. The second-order valence-corrected chi connectivity index (χ2v) is 6.49. The van der Waals surface area contributed by atoms with Crippen molar-refractivity contribution in [2.45, 2.75) is 24.7 Å². The maximum absolute atomic E-state index is 14.3. The summed E-state index contributed by atoms with van der Waals surface area (Å²) in [6.07, 6.45) is 2.02. The number of benzene rings is 2. The third kappa shape index (κ3) is 2.40. The molecular weight excluding hydrogens is 336 g/mol. The van der Waals surface area contributed by atoms with Gasteiger partial charge in [-0.25, -0.2) is 8.78 Å². The van der Waals surface area contributed by atoms with E-state index in [1.807, 2.05) is 18.2 Å². The number of halogens is 3. The Hall–Kier alpha value is -1.26. The quantitative estimate of drug-likeness (QED) is 0.827. The molecule has 2 aromatic rings. The Morgan fingerprint density at radius 1 is 1.14 bits per heavy atom. The fourth-order valence-electron chi connectivity index (χ4n) is 3.30. The first-order valence-corrected chi connectivity index (χ1v) is 7.77. The summed E-state index contributed by atoms with van der Waals surface area (Å²) in [7, 11) is 0. The molecule has 4 heteroatoms. The molecule has 1 nitrogen and oxygen atoms in total. The largest absolute Gasteiger partial charge is 0.330 e. The molecule has 0 aromatic heterocycles. The zero-order valence-electron chi connectivity index (χ0n) is 11.5. The smallest absolute Gasteiger partial charge is 0.143 e. The van der Waals surface area contributed by atoms with Crippen molar-refractivity contribution in [1.82, 2.24) is 0 Å². The first kappa shape index (κ1) is 14.7. The van der Waals surface area contributed by atoms with Crippen LogP contribution < -0.4 is 5.73 Å². The van der Waals surface area contributed by atoms with Crippen LogP contribution in [0.25, 0.3) is 0 Å². The monoisotopic (exact) mass is 351 g/mol. The van der Waals surface area contributed by atoms with Crippen LogP contribution in [0.4, 0.5) is 8.78 Å². The molecule has 0 fully saturated rings. The van der Waals surface area contributed by atoms with Crippen LogP contribution in [0.5, 0.6) is 0 Å². The van der Waals surface area contributed by atoms with Crippen LogP contribution in [0.2, 0.25) is 0 Å². The highest BCUT2D eigenvalue weighted by atomic mass is 79.9. The molecule has 0 spiro atoms. The van der Waals surface area contributed by atoms with Crippen LogP contribution in [0, 0.1) is 11.6 Å². The zero-order valence-corrected chi connectivity index (χ0v) is 13.1. The van der Waals surface area contributed by atoms with Crippen LogP contribution >= 0.6 is 15.9 Å². The number of hydrogen-bond acceptors (Lipinski definition) is 1. The maximum Gasteiger partial charge on any atom is 0.143 e. The van der Waals surface area contributed by atoms with Gasteiger partial charge in [-0.3, -0.25) is 0 Å². The van der Waals surface area contributed by atoms with Crippen LogP contribution in [-0.4, -0.2) is 6.54 Å². The van der Waals surface area contributed by atoms with E-state index >= 15 is 0 Å². The van der Waals surface area contributed by atoms with Crippen molar-refractivity contribution in [2.75, 3.05) is 6.54 Å². The summed E-state index contributed by atoms with van der Waals surface area (Å²) < 4.78 is 28.6. The van der Waals surface area contributed by atoms with E-state index in [-0.39, 0.29) is 21.9 Å². The van der Waals surface area contributed by atoms with Gasteiger partial charge in [0.15, 0.2) is 0 Å². The third-order valence-corrected chi connectivity index (χ3v) is 5.12. The Labute approximate surface area is 131 Å². The van der Waals surface area contributed by atoms with Gasteiger partial charge in [0.25, 0.3) is 0 Å². The van der Waals surface area contributed by atoms with Crippen molar-refractivity contribution in [2.24, 2.45) is 5.73 Å². The molecule has 2 aromatic carbocycles. The van der Waals surface area contributed by atoms with Crippen LogP contribution in [0.15, 0.2) is 40.9 Å². The second-order valence-electron chi connectivity index (χ2n) is 5.64. The van der Waals surface area contributed by atoms with Crippen molar-refractivity contribution in [1.29, 1.82) is 0 Å². The average molecular weight is 352 g/mol. The summed E-state index contributed by atoms with van der Waals surface area (Å²) in [5.41, 5.74) is 8.12. The minimum Gasteiger partial charge on any atom is -0.330 e. The molecule has 3 rings (SSSR count). The zero-order chi connectivity index (χ0) is 15.0. The molecule has 21 heavy (non-hydrogen) atoms. The van der Waals surface area contributed by atoms with E-state index in [4.69, 9.17) is 5.73 Å². The molecule has 0 saturated carbocycles. The molecule has 1 aliphatic carbocycles. The van der Waals surface area contributed by atoms with Gasteiger partial charge in [-0.05, 0) is 58.5 Å². The van der Waals surface area contributed by atoms with Crippen molar-refractivity contribution in [3.05, 3.63) is 69.2 Å². The van der Waals surface area contributed by atoms with Crippen molar-refractivity contribution in [3.63, 3.8) is 0 Å². The number of rotatable bonds is 3. The number of aryl methyl sites for hydroxylation is 1. The van der Waals surface area contributed by atoms with Gasteiger partial charge in [0.05, 0.1) is 4.47 Å². The van der Waals surface area contributed by atoms with E-state index in [1.165, 1.54) is 17.7 Å².